The molecule has 3 aliphatic rings. The van der Waals surface area contributed by atoms with Gasteiger partial charge in [0, 0.05) is 7.11 Å². The Morgan fingerprint density at radius 3 is 2.74 bits per heavy atom. The first-order valence-electron chi connectivity index (χ1n) is 7.64. The number of fused-ring (bicyclic) bond motifs is 3. The van der Waals surface area contributed by atoms with E-state index in [0.29, 0.717) is 18.8 Å². The average molecular weight is 311 g/mol. The minimum absolute atomic E-state index is 0.120. The molecule has 0 radical (unpaired) electrons. The molecule has 2 heterocycles. The van der Waals surface area contributed by atoms with Crippen LogP contribution in [0.25, 0.3) is 0 Å². The fraction of sp³-hybridized carbons (Fsp3) is 0.353. The summed E-state index contributed by atoms with van der Waals surface area (Å²) in [5, 5.41) is 0. The van der Waals surface area contributed by atoms with Crippen molar-refractivity contribution in [2.75, 3.05) is 18.7 Å². The number of imide groups is 1. The second-order valence-corrected chi connectivity index (χ2v) is 5.97. The first-order chi connectivity index (χ1) is 11.2. The highest BCUT2D eigenvalue weighted by Gasteiger charge is 2.55. The van der Waals surface area contributed by atoms with Crippen molar-refractivity contribution >= 4 is 23.8 Å². The molecule has 0 bridgehead atoms. The molecule has 6 nitrogen and oxygen atoms in total. The number of nitrogens with zero attached hydrogens (tertiary/aromatic N) is 3. The quantitative estimate of drug-likeness (QED) is 0.792. The number of carbonyl (C=O) groups excluding carboxylic acids is 2. The molecule has 1 fully saturated rings. The molecular weight excluding hydrogens is 294 g/mol. The Bertz CT molecular complexity index is 713. The Hall–Kier alpha value is -2.47. The first kappa shape index (κ1) is 14.1. The van der Waals surface area contributed by atoms with E-state index < -0.39 is 5.92 Å². The summed E-state index contributed by atoms with van der Waals surface area (Å²) in [6.07, 6.45) is 4.23. The van der Waals surface area contributed by atoms with E-state index in [9.17, 15) is 9.59 Å². The monoisotopic (exact) mass is 311 g/mol. The van der Waals surface area contributed by atoms with Gasteiger partial charge in [-0.25, -0.2) is 9.89 Å². The molecule has 1 saturated heterocycles. The molecule has 4 rings (SSSR count). The van der Waals surface area contributed by atoms with Crippen molar-refractivity contribution in [3.8, 4) is 0 Å². The van der Waals surface area contributed by atoms with Crippen molar-refractivity contribution in [3.05, 3.63) is 42.1 Å². The van der Waals surface area contributed by atoms with Crippen molar-refractivity contribution in [2.45, 2.75) is 12.5 Å². The second-order valence-electron chi connectivity index (χ2n) is 5.97. The molecule has 1 aromatic carbocycles. The third-order valence-corrected chi connectivity index (χ3v) is 4.71. The van der Waals surface area contributed by atoms with Gasteiger partial charge in [-0.15, -0.1) is 0 Å². The van der Waals surface area contributed by atoms with Gasteiger partial charge in [0.2, 0.25) is 11.8 Å². The van der Waals surface area contributed by atoms with Crippen LogP contribution in [0.5, 0.6) is 0 Å². The SMILES string of the molecule is COCN1C=NC2=CC[C@H]3C(=O)N(c4ccccc4)C(=O)[C@H]3[C@H]21. The molecule has 118 valence electrons. The van der Waals surface area contributed by atoms with Gasteiger partial charge in [0.25, 0.3) is 0 Å². The zero-order valence-corrected chi connectivity index (χ0v) is 12.8. The number of aliphatic imine (C=N–C) groups is 1. The average Bonchev–Trinajstić information content (AvgIpc) is 3.08. The molecule has 0 saturated carbocycles. The Morgan fingerprint density at radius 2 is 2.00 bits per heavy atom. The number of rotatable bonds is 3. The van der Waals surface area contributed by atoms with E-state index in [1.807, 2.05) is 29.2 Å². The number of benzene rings is 1. The Morgan fingerprint density at radius 1 is 1.22 bits per heavy atom. The highest BCUT2D eigenvalue weighted by Crippen LogP contribution is 2.43. The fourth-order valence-corrected chi connectivity index (χ4v) is 3.72. The molecule has 3 atom stereocenters. The predicted octanol–water partition coefficient (Wildman–Crippen LogP) is 1.40. The zero-order chi connectivity index (χ0) is 16.0. The summed E-state index contributed by atoms with van der Waals surface area (Å²) in [5.41, 5.74) is 1.50. The van der Waals surface area contributed by atoms with Crippen LogP contribution in [0, 0.1) is 11.8 Å². The maximum atomic E-state index is 13.0. The van der Waals surface area contributed by atoms with Crippen LogP contribution >= 0.6 is 0 Å². The number of allylic oxidation sites excluding steroid dienone is 1. The van der Waals surface area contributed by atoms with Gasteiger partial charge in [-0.2, -0.15) is 0 Å². The lowest BCUT2D eigenvalue weighted by Crippen LogP contribution is -2.45. The smallest absolute Gasteiger partial charge is 0.240 e. The van der Waals surface area contributed by atoms with Gasteiger partial charge in [0.05, 0.1) is 35.6 Å². The summed E-state index contributed by atoms with van der Waals surface area (Å²) in [4.78, 5) is 33.4. The fourth-order valence-electron chi connectivity index (χ4n) is 3.72. The number of ether oxygens (including phenoxy) is 1. The highest BCUT2D eigenvalue weighted by atomic mass is 16.5. The van der Waals surface area contributed by atoms with Crippen molar-refractivity contribution < 1.29 is 14.3 Å². The molecule has 2 amide bonds. The minimum Gasteiger partial charge on any atom is -0.364 e. The van der Waals surface area contributed by atoms with Crippen molar-refractivity contribution in [1.29, 1.82) is 0 Å². The van der Waals surface area contributed by atoms with Gasteiger partial charge in [-0.3, -0.25) is 9.59 Å². The van der Waals surface area contributed by atoms with E-state index in [4.69, 9.17) is 4.74 Å². The van der Waals surface area contributed by atoms with E-state index in [-0.39, 0.29) is 23.8 Å². The Kier molecular flexibility index (Phi) is 3.27. The van der Waals surface area contributed by atoms with E-state index in [2.05, 4.69) is 4.99 Å². The standard InChI is InChI=1S/C17H17N3O3/c1-23-10-19-9-18-13-8-7-12-14(15(13)19)17(22)20(16(12)21)11-5-3-2-4-6-11/h2-6,8-9,12,14-15H,7,10H2,1H3/t12-,14-,15+/m1/s1. The van der Waals surface area contributed by atoms with Crippen LogP contribution in [0.15, 0.2) is 47.1 Å². The number of hydrogen-bond acceptors (Lipinski definition) is 5. The molecule has 1 aliphatic carbocycles. The molecule has 0 unspecified atom stereocenters. The maximum Gasteiger partial charge on any atom is 0.240 e. The van der Waals surface area contributed by atoms with Crippen LogP contribution in [0.3, 0.4) is 0 Å². The number of methoxy groups -OCH3 is 1. The van der Waals surface area contributed by atoms with Crippen LogP contribution in [0.1, 0.15) is 6.42 Å². The van der Waals surface area contributed by atoms with Crippen LogP contribution in [-0.2, 0) is 14.3 Å². The summed E-state index contributed by atoms with van der Waals surface area (Å²) >= 11 is 0. The van der Waals surface area contributed by atoms with E-state index in [0.717, 1.165) is 5.70 Å². The summed E-state index contributed by atoms with van der Waals surface area (Å²) < 4.78 is 5.19. The van der Waals surface area contributed by atoms with Gasteiger partial charge in [-0.05, 0) is 18.6 Å². The normalized spacial score (nSPS) is 28.9. The molecule has 23 heavy (non-hydrogen) atoms. The van der Waals surface area contributed by atoms with Crippen LogP contribution in [0.4, 0.5) is 5.69 Å². The van der Waals surface area contributed by atoms with Gasteiger partial charge >= 0.3 is 0 Å². The van der Waals surface area contributed by atoms with Crippen molar-refractivity contribution in [3.63, 3.8) is 0 Å². The predicted molar refractivity (Wildman–Crippen MR) is 84.6 cm³/mol. The number of carbonyl (C=O) groups is 2. The largest absolute Gasteiger partial charge is 0.364 e. The summed E-state index contributed by atoms with van der Waals surface area (Å²) in [7, 11) is 1.60. The summed E-state index contributed by atoms with van der Waals surface area (Å²) in [6, 6.07) is 8.90. The topological polar surface area (TPSA) is 62.2 Å². The van der Waals surface area contributed by atoms with E-state index in [1.54, 1.807) is 25.6 Å². The minimum atomic E-state index is -0.402. The van der Waals surface area contributed by atoms with Gasteiger partial charge in [0.15, 0.2) is 0 Å². The first-order valence-corrected chi connectivity index (χ1v) is 7.64. The Balaban J connectivity index is 1.71. The van der Waals surface area contributed by atoms with Gasteiger partial charge in [0.1, 0.15) is 6.73 Å². The second kappa shape index (κ2) is 5.31. The van der Waals surface area contributed by atoms with E-state index >= 15 is 0 Å². The van der Waals surface area contributed by atoms with Crippen molar-refractivity contribution in [1.82, 2.24) is 4.90 Å². The molecule has 0 aromatic heterocycles. The third-order valence-electron chi connectivity index (χ3n) is 4.71. The van der Waals surface area contributed by atoms with Crippen LogP contribution < -0.4 is 4.90 Å². The molecule has 6 heteroatoms. The Labute approximate surface area is 134 Å². The molecule has 1 aromatic rings. The highest BCUT2D eigenvalue weighted by molar-refractivity contribution is 6.22. The molecular formula is C17H17N3O3. The number of para-hydroxylation sites is 1. The van der Waals surface area contributed by atoms with Crippen LogP contribution in [0.2, 0.25) is 0 Å². The van der Waals surface area contributed by atoms with E-state index in [1.165, 1.54) is 4.90 Å². The van der Waals surface area contributed by atoms with Crippen molar-refractivity contribution in [2.24, 2.45) is 16.8 Å². The number of amides is 2. The summed E-state index contributed by atoms with van der Waals surface area (Å²) in [5.74, 6) is -0.989. The third kappa shape index (κ3) is 2.02. The molecule has 0 spiro atoms. The number of anilines is 1. The lowest BCUT2D eigenvalue weighted by molar-refractivity contribution is -0.123. The number of hydrogen-bond donors (Lipinski definition) is 0. The van der Waals surface area contributed by atoms with Crippen LogP contribution in [-0.4, -0.2) is 42.9 Å². The zero-order valence-electron chi connectivity index (χ0n) is 12.8. The van der Waals surface area contributed by atoms with Gasteiger partial charge in [-0.1, -0.05) is 24.3 Å². The molecule has 2 aliphatic heterocycles. The lowest BCUT2D eigenvalue weighted by atomic mass is 9.79. The summed E-state index contributed by atoms with van der Waals surface area (Å²) in [6.45, 7) is 0.349. The van der Waals surface area contributed by atoms with Gasteiger partial charge < -0.3 is 9.64 Å². The lowest BCUT2D eigenvalue weighted by Gasteiger charge is -2.32. The maximum absolute atomic E-state index is 13.0. The molecule has 0 N–H and O–H groups in total.